The number of methoxy groups -OCH3 is 1. The Morgan fingerprint density at radius 1 is 1.39 bits per heavy atom. The maximum Gasteiger partial charge on any atom is 0.122 e. The Hall–Kier alpha value is -1.10. The van der Waals surface area contributed by atoms with Crippen molar-refractivity contribution < 1.29 is 4.74 Å². The van der Waals surface area contributed by atoms with E-state index in [0.717, 1.165) is 18.7 Å². The van der Waals surface area contributed by atoms with Crippen molar-refractivity contribution in [1.29, 1.82) is 0 Å². The van der Waals surface area contributed by atoms with Crippen LogP contribution in [-0.2, 0) is 6.42 Å². The molecule has 0 saturated carbocycles. The van der Waals surface area contributed by atoms with Gasteiger partial charge in [0.05, 0.1) is 13.8 Å². The molecule has 18 heavy (non-hydrogen) atoms. The number of rotatable bonds is 7. The zero-order chi connectivity index (χ0) is 13.5. The second-order valence-electron chi connectivity index (χ2n) is 4.92. The standard InChI is InChI=1S/C14H25N3O/c1-11(2)12-5-6-14(18-4)13(9-12)7-8-17(3)10-16-15/h5-6,9,11,16H,7-8,10,15H2,1-4H3. The van der Waals surface area contributed by atoms with E-state index in [0.29, 0.717) is 12.6 Å². The summed E-state index contributed by atoms with van der Waals surface area (Å²) < 4.78 is 5.41. The average molecular weight is 251 g/mol. The lowest BCUT2D eigenvalue weighted by Crippen LogP contribution is -2.36. The van der Waals surface area contributed by atoms with E-state index in [1.807, 2.05) is 7.05 Å². The SMILES string of the molecule is COc1ccc(C(C)C)cc1CCN(C)CNN. The Balaban J connectivity index is 2.75. The minimum atomic E-state index is 0.540. The van der Waals surface area contributed by atoms with E-state index in [9.17, 15) is 0 Å². The number of hydrogen-bond donors (Lipinski definition) is 2. The lowest BCUT2D eigenvalue weighted by Gasteiger charge is -2.17. The fraction of sp³-hybridized carbons (Fsp3) is 0.571. The summed E-state index contributed by atoms with van der Waals surface area (Å²) in [6.07, 6.45) is 0.960. The third kappa shape index (κ3) is 4.29. The molecule has 0 aliphatic rings. The van der Waals surface area contributed by atoms with Gasteiger partial charge in [-0.15, -0.1) is 0 Å². The molecule has 0 aliphatic heterocycles. The maximum atomic E-state index is 5.41. The summed E-state index contributed by atoms with van der Waals surface area (Å²) in [6.45, 7) is 6.04. The van der Waals surface area contributed by atoms with Gasteiger partial charge in [-0.1, -0.05) is 26.0 Å². The zero-order valence-corrected chi connectivity index (χ0v) is 11.9. The fourth-order valence-corrected chi connectivity index (χ4v) is 1.90. The maximum absolute atomic E-state index is 5.41. The lowest BCUT2D eigenvalue weighted by molar-refractivity contribution is 0.310. The molecule has 0 unspecified atom stereocenters. The summed E-state index contributed by atoms with van der Waals surface area (Å²) >= 11 is 0. The van der Waals surface area contributed by atoms with Crippen LogP contribution >= 0.6 is 0 Å². The Bertz CT molecular complexity index is 366. The van der Waals surface area contributed by atoms with Crippen LogP contribution in [0.15, 0.2) is 18.2 Å². The minimum Gasteiger partial charge on any atom is -0.496 e. The van der Waals surface area contributed by atoms with Crippen molar-refractivity contribution in [3.05, 3.63) is 29.3 Å². The van der Waals surface area contributed by atoms with Crippen molar-refractivity contribution in [1.82, 2.24) is 10.3 Å². The third-order valence-electron chi connectivity index (χ3n) is 3.10. The van der Waals surface area contributed by atoms with Gasteiger partial charge in [0.1, 0.15) is 5.75 Å². The minimum absolute atomic E-state index is 0.540. The molecule has 3 N–H and O–H groups in total. The molecule has 0 spiro atoms. The summed E-state index contributed by atoms with van der Waals surface area (Å²) in [4.78, 5) is 2.14. The van der Waals surface area contributed by atoms with Gasteiger partial charge in [-0.05, 0) is 36.6 Å². The largest absolute Gasteiger partial charge is 0.496 e. The van der Waals surface area contributed by atoms with Gasteiger partial charge in [-0.3, -0.25) is 10.7 Å². The Kier molecular flexibility index (Phi) is 6.12. The highest BCUT2D eigenvalue weighted by molar-refractivity contribution is 5.38. The van der Waals surface area contributed by atoms with Crippen molar-refractivity contribution in [2.45, 2.75) is 26.2 Å². The highest BCUT2D eigenvalue weighted by Gasteiger charge is 2.08. The van der Waals surface area contributed by atoms with Gasteiger partial charge in [-0.25, -0.2) is 5.43 Å². The molecule has 0 atom stereocenters. The van der Waals surface area contributed by atoms with Crippen LogP contribution in [-0.4, -0.2) is 32.3 Å². The van der Waals surface area contributed by atoms with Crippen LogP contribution in [0, 0.1) is 0 Å². The van der Waals surface area contributed by atoms with Crippen LogP contribution in [0.25, 0.3) is 0 Å². The van der Waals surface area contributed by atoms with Gasteiger partial charge >= 0.3 is 0 Å². The fourth-order valence-electron chi connectivity index (χ4n) is 1.90. The molecule has 1 aromatic rings. The molecule has 0 saturated heterocycles. The van der Waals surface area contributed by atoms with Crippen molar-refractivity contribution in [3.8, 4) is 5.75 Å². The molecular weight excluding hydrogens is 226 g/mol. The predicted octanol–water partition coefficient (Wildman–Crippen LogP) is 1.71. The Morgan fingerprint density at radius 3 is 2.67 bits per heavy atom. The highest BCUT2D eigenvalue weighted by Crippen LogP contribution is 2.24. The van der Waals surface area contributed by atoms with Crippen molar-refractivity contribution in [2.75, 3.05) is 27.4 Å². The van der Waals surface area contributed by atoms with E-state index in [-0.39, 0.29) is 0 Å². The van der Waals surface area contributed by atoms with Crippen molar-refractivity contribution in [2.24, 2.45) is 5.84 Å². The van der Waals surface area contributed by atoms with E-state index in [1.165, 1.54) is 11.1 Å². The number of hydrogen-bond acceptors (Lipinski definition) is 4. The van der Waals surface area contributed by atoms with Crippen molar-refractivity contribution in [3.63, 3.8) is 0 Å². The molecule has 102 valence electrons. The highest BCUT2D eigenvalue weighted by atomic mass is 16.5. The van der Waals surface area contributed by atoms with Gasteiger partial charge in [0.25, 0.3) is 0 Å². The molecule has 0 radical (unpaired) electrons. The summed E-state index contributed by atoms with van der Waals surface area (Å²) in [5, 5.41) is 0. The zero-order valence-electron chi connectivity index (χ0n) is 11.9. The molecule has 0 heterocycles. The van der Waals surface area contributed by atoms with Gasteiger partial charge < -0.3 is 4.74 Å². The molecular formula is C14H25N3O. The molecule has 0 aromatic heterocycles. The number of likely N-dealkylation sites (N-methyl/N-ethyl adjacent to an activating group) is 1. The summed E-state index contributed by atoms with van der Waals surface area (Å²) in [7, 11) is 3.76. The molecule has 4 nitrogen and oxygen atoms in total. The van der Waals surface area contributed by atoms with Gasteiger partial charge in [0, 0.05) is 6.54 Å². The van der Waals surface area contributed by atoms with Crippen LogP contribution in [0.5, 0.6) is 5.75 Å². The van der Waals surface area contributed by atoms with E-state index >= 15 is 0 Å². The number of nitrogens with one attached hydrogen (secondary N) is 1. The number of ether oxygens (including phenoxy) is 1. The summed E-state index contributed by atoms with van der Waals surface area (Å²) in [5.74, 6) is 6.81. The topological polar surface area (TPSA) is 50.5 Å². The monoisotopic (exact) mass is 251 g/mol. The van der Waals surface area contributed by atoms with Crippen LogP contribution in [0.2, 0.25) is 0 Å². The molecule has 0 bridgehead atoms. The number of nitrogens with zero attached hydrogens (tertiary/aromatic N) is 1. The Morgan fingerprint density at radius 2 is 2.11 bits per heavy atom. The third-order valence-corrected chi connectivity index (χ3v) is 3.10. The first kappa shape index (κ1) is 15.0. The number of nitrogens with two attached hydrogens (primary N) is 1. The number of benzene rings is 1. The smallest absolute Gasteiger partial charge is 0.122 e. The van der Waals surface area contributed by atoms with Crippen LogP contribution in [0.1, 0.15) is 30.9 Å². The Labute approximate surface area is 110 Å². The van der Waals surface area contributed by atoms with E-state index in [4.69, 9.17) is 10.6 Å². The quantitative estimate of drug-likeness (QED) is 0.440. The molecule has 0 fully saturated rings. The van der Waals surface area contributed by atoms with Gasteiger partial charge in [0.15, 0.2) is 0 Å². The van der Waals surface area contributed by atoms with E-state index in [2.05, 4.69) is 42.4 Å². The molecule has 1 aromatic carbocycles. The summed E-state index contributed by atoms with van der Waals surface area (Å²) in [6, 6.07) is 6.44. The molecule has 1 rings (SSSR count). The molecule has 4 heteroatoms. The first-order valence-electron chi connectivity index (χ1n) is 6.37. The van der Waals surface area contributed by atoms with Crippen molar-refractivity contribution >= 4 is 0 Å². The van der Waals surface area contributed by atoms with Crippen LogP contribution in [0.3, 0.4) is 0 Å². The van der Waals surface area contributed by atoms with Gasteiger partial charge in [0.2, 0.25) is 0 Å². The van der Waals surface area contributed by atoms with E-state index in [1.54, 1.807) is 7.11 Å². The molecule has 0 aliphatic carbocycles. The van der Waals surface area contributed by atoms with Crippen LogP contribution < -0.4 is 16.0 Å². The van der Waals surface area contributed by atoms with Crippen LogP contribution in [0.4, 0.5) is 0 Å². The first-order valence-corrected chi connectivity index (χ1v) is 6.37. The second kappa shape index (κ2) is 7.36. The normalized spacial score (nSPS) is 11.3. The second-order valence-corrected chi connectivity index (χ2v) is 4.92. The van der Waals surface area contributed by atoms with Gasteiger partial charge in [-0.2, -0.15) is 0 Å². The number of hydrazine groups is 1. The lowest BCUT2D eigenvalue weighted by atomic mass is 9.99. The molecule has 0 amide bonds. The first-order chi connectivity index (χ1) is 8.58. The van der Waals surface area contributed by atoms with E-state index < -0.39 is 0 Å². The summed E-state index contributed by atoms with van der Waals surface area (Å²) in [5.41, 5.74) is 5.27. The predicted molar refractivity (Wildman–Crippen MR) is 75.6 cm³/mol. The average Bonchev–Trinajstić information content (AvgIpc) is 2.36.